The average molecular weight is 466 g/mol. The first-order chi connectivity index (χ1) is 16.5. The van der Waals surface area contributed by atoms with Crippen molar-refractivity contribution in [2.24, 2.45) is 0 Å². The molecule has 2 aliphatic rings. The van der Waals surface area contributed by atoms with Gasteiger partial charge in [-0.05, 0) is 42.5 Å². The highest BCUT2D eigenvalue weighted by atomic mass is 16.5. The number of ether oxygens (including phenoxy) is 2. The summed E-state index contributed by atoms with van der Waals surface area (Å²) in [4.78, 5) is 43.8. The largest absolute Gasteiger partial charge is 0.497 e. The second kappa shape index (κ2) is 10.3. The summed E-state index contributed by atoms with van der Waals surface area (Å²) in [5.74, 6) is -0.0812. The van der Waals surface area contributed by atoms with Crippen LogP contribution in [0, 0.1) is 0 Å². The zero-order valence-electron chi connectivity index (χ0n) is 19.7. The number of carbonyl (C=O) groups is 3. The zero-order valence-corrected chi connectivity index (χ0v) is 19.7. The predicted molar refractivity (Wildman–Crippen MR) is 126 cm³/mol. The van der Waals surface area contributed by atoms with Crippen molar-refractivity contribution in [3.8, 4) is 5.75 Å². The molecule has 180 valence electrons. The van der Waals surface area contributed by atoms with Gasteiger partial charge in [0.1, 0.15) is 17.8 Å². The van der Waals surface area contributed by atoms with Crippen LogP contribution >= 0.6 is 0 Å². The fourth-order valence-corrected chi connectivity index (χ4v) is 4.90. The van der Waals surface area contributed by atoms with E-state index in [0.717, 1.165) is 28.3 Å². The summed E-state index contributed by atoms with van der Waals surface area (Å²) in [5.41, 5.74) is 1.31. The fourth-order valence-electron chi connectivity index (χ4n) is 4.90. The van der Waals surface area contributed by atoms with Gasteiger partial charge in [-0.1, -0.05) is 42.5 Å². The summed E-state index contributed by atoms with van der Waals surface area (Å²) in [5, 5.41) is 0. The number of imide groups is 1. The monoisotopic (exact) mass is 465 g/mol. The number of hydrogen-bond donors (Lipinski definition) is 0. The molecule has 2 aromatic carbocycles. The van der Waals surface area contributed by atoms with E-state index in [4.69, 9.17) is 9.47 Å². The van der Waals surface area contributed by atoms with E-state index in [-0.39, 0.29) is 12.5 Å². The Kier molecular flexibility index (Phi) is 7.17. The van der Waals surface area contributed by atoms with Crippen LogP contribution in [0.3, 0.4) is 0 Å². The molecule has 0 bridgehead atoms. The Labute approximate surface area is 200 Å². The van der Waals surface area contributed by atoms with Gasteiger partial charge < -0.3 is 14.4 Å². The molecule has 0 atom stereocenters. The van der Waals surface area contributed by atoms with E-state index in [2.05, 4.69) is 11.0 Å². The van der Waals surface area contributed by atoms with Gasteiger partial charge in [-0.15, -0.1) is 0 Å². The number of nitrogens with zero attached hydrogens (tertiary/aromatic N) is 3. The molecule has 0 N–H and O–H groups in total. The lowest BCUT2D eigenvalue weighted by Gasteiger charge is -2.42. The zero-order chi connectivity index (χ0) is 24.1. The van der Waals surface area contributed by atoms with Crippen molar-refractivity contribution in [3.05, 3.63) is 65.7 Å². The Hall–Kier alpha value is -3.39. The summed E-state index contributed by atoms with van der Waals surface area (Å²) in [7, 11) is 2.91. The maximum absolute atomic E-state index is 13.5. The molecule has 2 heterocycles. The summed E-state index contributed by atoms with van der Waals surface area (Å²) in [6.07, 6.45) is 1.68. The lowest BCUT2D eigenvalue weighted by Crippen LogP contribution is -2.56. The van der Waals surface area contributed by atoms with Crippen LogP contribution < -0.4 is 4.74 Å². The molecule has 0 unspecified atom stereocenters. The topological polar surface area (TPSA) is 79.4 Å². The molecule has 2 aromatic rings. The molecule has 34 heavy (non-hydrogen) atoms. The van der Waals surface area contributed by atoms with Crippen molar-refractivity contribution in [1.82, 2.24) is 14.7 Å². The van der Waals surface area contributed by atoms with Crippen molar-refractivity contribution in [2.75, 3.05) is 40.4 Å². The Morgan fingerprint density at radius 3 is 2.35 bits per heavy atom. The van der Waals surface area contributed by atoms with Gasteiger partial charge in [0.15, 0.2) is 0 Å². The molecule has 8 heteroatoms. The fraction of sp³-hybridized carbons (Fsp3) is 0.423. The van der Waals surface area contributed by atoms with Crippen LogP contribution in [0.15, 0.2) is 54.6 Å². The normalized spacial score (nSPS) is 17.9. The number of methoxy groups -OCH3 is 2. The quantitative estimate of drug-likeness (QED) is 0.441. The molecule has 2 aliphatic heterocycles. The number of hydrogen-bond acceptors (Lipinski definition) is 6. The second-order valence-corrected chi connectivity index (χ2v) is 8.80. The highest BCUT2D eigenvalue weighted by molar-refractivity contribution is 6.08. The minimum atomic E-state index is -0.926. The molecule has 2 fully saturated rings. The first kappa shape index (κ1) is 23.8. The van der Waals surface area contributed by atoms with E-state index in [1.165, 1.54) is 7.11 Å². The minimum Gasteiger partial charge on any atom is -0.497 e. The van der Waals surface area contributed by atoms with E-state index in [1.54, 1.807) is 12.0 Å². The van der Waals surface area contributed by atoms with Gasteiger partial charge in [0.2, 0.25) is 0 Å². The van der Waals surface area contributed by atoms with E-state index >= 15 is 0 Å². The molecule has 0 radical (unpaired) electrons. The number of carbonyl (C=O) groups excluding carboxylic acids is 3. The molecule has 0 aromatic heterocycles. The number of rotatable bonds is 8. The number of amides is 3. The van der Waals surface area contributed by atoms with E-state index in [9.17, 15) is 14.4 Å². The first-order valence-electron chi connectivity index (χ1n) is 11.6. The van der Waals surface area contributed by atoms with Crippen LogP contribution in [0.4, 0.5) is 4.79 Å². The van der Waals surface area contributed by atoms with Gasteiger partial charge in [0, 0.05) is 26.2 Å². The van der Waals surface area contributed by atoms with E-state index in [1.807, 2.05) is 48.5 Å². The Morgan fingerprint density at radius 1 is 0.971 bits per heavy atom. The van der Waals surface area contributed by atoms with E-state index in [0.29, 0.717) is 38.9 Å². The number of benzene rings is 2. The van der Waals surface area contributed by atoms with E-state index < -0.39 is 17.5 Å². The third-order valence-corrected chi connectivity index (χ3v) is 6.83. The molecule has 0 saturated carbocycles. The van der Waals surface area contributed by atoms with Crippen molar-refractivity contribution in [3.63, 3.8) is 0 Å². The van der Waals surface area contributed by atoms with Crippen LogP contribution in [0.2, 0.25) is 0 Å². The summed E-state index contributed by atoms with van der Waals surface area (Å²) < 4.78 is 10.1. The average Bonchev–Trinajstić information content (AvgIpc) is 3.05. The number of esters is 1. The second-order valence-electron chi connectivity index (χ2n) is 8.80. The van der Waals surface area contributed by atoms with Crippen molar-refractivity contribution < 1.29 is 23.9 Å². The number of piperidine rings is 1. The van der Waals surface area contributed by atoms with Gasteiger partial charge in [0.25, 0.3) is 5.91 Å². The van der Waals surface area contributed by atoms with Gasteiger partial charge >= 0.3 is 12.0 Å². The molecular weight excluding hydrogens is 434 g/mol. The van der Waals surface area contributed by atoms with Gasteiger partial charge in [-0.25, -0.2) is 4.79 Å². The maximum atomic E-state index is 13.5. The molecule has 8 nitrogen and oxygen atoms in total. The SMILES string of the molecule is COC(=O)CN1C(=O)N(CCc2ccccc2)C2(CCN(Cc3cccc(OC)c3)CC2)C1=O. The Balaban J connectivity index is 1.50. The van der Waals surface area contributed by atoms with Crippen LogP contribution in [-0.2, 0) is 27.3 Å². The summed E-state index contributed by atoms with van der Waals surface area (Å²) >= 11 is 0. The number of likely N-dealkylation sites (tertiary alicyclic amines) is 1. The maximum Gasteiger partial charge on any atom is 0.328 e. The third-order valence-electron chi connectivity index (χ3n) is 6.83. The van der Waals surface area contributed by atoms with Crippen LogP contribution in [0.25, 0.3) is 0 Å². The molecule has 4 rings (SSSR count). The standard InChI is InChI=1S/C26H31N3O5/c1-33-22-10-6-9-21(17-22)18-27-15-12-26(13-16-27)24(31)28(19-23(30)34-2)25(32)29(26)14-11-20-7-4-3-5-8-20/h3-10,17H,11-16,18-19H2,1-2H3. The van der Waals surface area contributed by atoms with Gasteiger partial charge in [0.05, 0.1) is 14.2 Å². The third kappa shape index (κ3) is 4.77. The lowest BCUT2D eigenvalue weighted by atomic mass is 9.85. The lowest BCUT2D eigenvalue weighted by molar-refractivity contribution is -0.146. The van der Waals surface area contributed by atoms with Crippen molar-refractivity contribution in [1.29, 1.82) is 0 Å². The van der Waals surface area contributed by atoms with Crippen molar-refractivity contribution in [2.45, 2.75) is 31.3 Å². The Bertz CT molecular complexity index is 1030. The first-order valence-corrected chi connectivity index (χ1v) is 11.6. The van der Waals surface area contributed by atoms with Crippen molar-refractivity contribution >= 4 is 17.9 Å². The van der Waals surface area contributed by atoms with Gasteiger partial charge in [-0.3, -0.25) is 19.4 Å². The highest BCUT2D eigenvalue weighted by Gasteiger charge is 2.58. The number of urea groups is 1. The molecule has 2 saturated heterocycles. The predicted octanol–water partition coefficient (Wildman–Crippen LogP) is 2.71. The molecule has 3 amide bonds. The summed E-state index contributed by atoms with van der Waals surface area (Å²) in [6.45, 7) is 2.15. The smallest absolute Gasteiger partial charge is 0.328 e. The summed E-state index contributed by atoms with van der Waals surface area (Å²) in [6, 6.07) is 17.4. The minimum absolute atomic E-state index is 0.294. The Morgan fingerprint density at radius 2 is 1.68 bits per heavy atom. The van der Waals surface area contributed by atoms with Gasteiger partial charge in [-0.2, -0.15) is 0 Å². The molecule has 1 spiro atoms. The molecule has 0 aliphatic carbocycles. The van der Waals surface area contributed by atoms with Crippen LogP contribution in [0.1, 0.15) is 24.0 Å². The van der Waals surface area contributed by atoms with Crippen LogP contribution in [-0.4, -0.2) is 78.5 Å². The molecular formula is C26H31N3O5. The van der Waals surface area contributed by atoms with Crippen LogP contribution in [0.5, 0.6) is 5.75 Å². The highest BCUT2D eigenvalue weighted by Crippen LogP contribution is 2.38.